The van der Waals surface area contributed by atoms with Gasteiger partial charge < -0.3 is 13.7 Å². The Hall–Kier alpha value is -1.78. The maximum Gasteiger partial charge on any atom is 0.494 e. The number of hydrogen-bond acceptors (Lipinski definition) is 3. The zero-order valence-electron chi connectivity index (χ0n) is 16.8. The molecule has 0 N–H and O–H groups in total. The van der Waals surface area contributed by atoms with E-state index in [1.807, 2.05) is 6.26 Å². The Morgan fingerprint density at radius 2 is 1.46 bits per heavy atom. The fourth-order valence-corrected chi connectivity index (χ4v) is 3.54. The van der Waals surface area contributed by atoms with Gasteiger partial charge in [-0.15, -0.1) is 0 Å². The molecule has 26 heavy (non-hydrogen) atoms. The van der Waals surface area contributed by atoms with Crippen LogP contribution < -0.4 is 5.46 Å². The normalized spacial score (nSPS) is 19.6. The Balaban J connectivity index is 1.85. The lowest BCUT2D eigenvalue weighted by Gasteiger charge is -2.32. The van der Waals surface area contributed by atoms with Crippen LogP contribution in [0.25, 0.3) is 21.7 Å². The molecule has 1 aliphatic rings. The molecular weight excluding hydrogens is 323 g/mol. The highest BCUT2D eigenvalue weighted by molar-refractivity contribution is 6.62. The molecule has 0 bridgehead atoms. The fraction of sp³-hybridized carbons (Fsp3) is 0.455. The highest BCUT2D eigenvalue weighted by Crippen LogP contribution is 2.38. The van der Waals surface area contributed by atoms with Crippen molar-refractivity contribution in [2.24, 2.45) is 0 Å². The number of benzene rings is 2. The van der Waals surface area contributed by atoms with E-state index in [2.05, 4.69) is 78.8 Å². The van der Waals surface area contributed by atoms with E-state index >= 15 is 0 Å². The van der Waals surface area contributed by atoms with Gasteiger partial charge in [-0.05, 0) is 44.0 Å². The first-order valence-electron chi connectivity index (χ1n) is 9.30. The van der Waals surface area contributed by atoms with E-state index < -0.39 is 0 Å². The average Bonchev–Trinajstić information content (AvgIpc) is 3.05. The minimum atomic E-state index is -0.364. The molecule has 1 aromatic heterocycles. The molecule has 1 fully saturated rings. The Labute approximate surface area is 155 Å². The van der Waals surface area contributed by atoms with Gasteiger partial charge in [0.1, 0.15) is 5.58 Å². The molecule has 3 aromatic rings. The van der Waals surface area contributed by atoms with E-state index in [9.17, 15) is 0 Å². The zero-order chi connectivity index (χ0) is 18.9. The molecule has 2 aromatic carbocycles. The number of fused-ring (bicyclic) bond motifs is 3. The van der Waals surface area contributed by atoms with Gasteiger partial charge in [0.2, 0.25) is 0 Å². The van der Waals surface area contributed by atoms with Crippen LogP contribution in [0.5, 0.6) is 0 Å². The Morgan fingerprint density at radius 1 is 0.846 bits per heavy atom. The molecule has 4 heteroatoms. The Bertz CT molecular complexity index is 976. The zero-order valence-corrected chi connectivity index (χ0v) is 16.8. The summed E-state index contributed by atoms with van der Waals surface area (Å²) in [5.41, 5.74) is 2.55. The molecule has 2 heterocycles. The van der Waals surface area contributed by atoms with Crippen LogP contribution in [0.4, 0.5) is 0 Å². The predicted molar refractivity (Wildman–Crippen MR) is 108 cm³/mol. The summed E-state index contributed by atoms with van der Waals surface area (Å²) in [6.45, 7) is 14.9. The van der Waals surface area contributed by atoms with Crippen molar-refractivity contribution in [3.63, 3.8) is 0 Å². The summed E-state index contributed by atoms with van der Waals surface area (Å²) in [6.07, 6.45) is 1.89. The van der Waals surface area contributed by atoms with E-state index in [1.165, 1.54) is 10.9 Å². The number of rotatable bonds is 1. The molecule has 3 nitrogen and oxygen atoms in total. The molecule has 1 aliphatic heterocycles. The monoisotopic (exact) mass is 350 g/mol. The van der Waals surface area contributed by atoms with Gasteiger partial charge in [0.15, 0.2) is 0 Å². The molecule has 0 aliphatic carbocycles. The van der Waals surface area contributed by atoms with Gasteiger partial charge in [-0.3, -0.25) is 0 Å². The van der Waals surface area contributed by atoms with Crippen molar-refractivity contribution >= 4 is 34.3 Å². The third kappa shape index (κ3) is 2.59. The van der Waals surface area contributed by atoms with Crippen LogP contribution >= 0.6 is 0 Å². The summed E-state index contributed by atoms with van der Waals surface area (Å²) in [5, 5.41) is 3.44. The van der Waals surface area contributed by atoms with E-state index in [0.717, 1.165) is 21.8 Å². The molecule has 4 rings (SSSR count). The lowest BCUT2D eigenvalue weighted by atomic mass is 9.78. The van der Waals surface area contributed by atoms with Gasteiger partial charge in [0, 0.05) is 16.3 Å². The molecule has 0 radical (unpaired) electrons. The highest BCUT2D eigenvalue weighted by atomic mass is 16.7. The molecule has 136 valence electrons. The Kier molecular flexibility index (Phi) is 3.64. The molecule has 0 spiro atoms. The molecule has 0 unspecified atom stereocenters. The van der Waals surface area contributed by atoms with Gasteiger partial charge in [-0.2, -0.15) is 0 Å². The second kappa shape index (κ2) is 5.37. The number of hydrogen-bond donors (Lipinski definition) is 0. The van der Waals surface area contributed by atoms with E-state index in [-0.39, 0.29) is 23.7 Å². The second-order valence-electron chi connectivity index (χ2n) is 9.41. The van der Waals surface area contributed by atoms with Gasteiger partial charge in [0.05, 0.1) is 17.5 Å². The first-order valence-corrected chi connectivity index (χ1v) is 9.30. The van der Waals surface area contributed by atoms with Gasteiger partial charge in [-0.25, -0.2) is 0 Å². The molecule has 0 saturated carbocycles. The van der Waals surface area contributed by atoms with Crippen molar-refractivity contribution in [1.82, 2.24) is 0 Å². The molecule has 0 atom stereocenters. The summed E-state index contributed by atoms with van der Waals surface area (Å²) in [5.74, 6) is 0. The smallest absolute Gasteiger partial charge is 0.463 e. The summed E-state index contributed by atoms with van der Waals surface area (Å²) in [4.78, 5) is 0. The second-order valence-corrected chi connectivity index (χ2v) is 9.41. The Morgan fingerprint density at radius 3 is 2.08 bits per heavy atom. The van der Waals surface area contributed by atoms with Crippen molar-refractivity contribution in [2.45, 2.75) is 65.1 Å². The summed E-state index contributed by atoms with van der Waals surface area (Å²) < 4.78 is 18.4. The van der Waals surface area contributed by atoms with Crippen molar-refractivity contribution in [1.29, 1.82) is 0 Å². The van der Waals surface area contributed by atoms with Gasteiger partial charge in [0.25, 0.3) is 0 Å². The number of furan rings is 1. The van der Waals surface area contributed by atoms with Gasteiger partial charge >= 0.3 is 7.12 Å². The third-order valence-corrected chi connectivity index (χ3v) is 5.91. The van der Waals surface area contributed by atoms with E-state index in [1.54, 1.807) is 0 Å². The van der Waals surface area contributed by atoms with Gasteiger partial charge in [-0.1, -0.05) is 51.1 Å². The lowest BCUT2D eigenvalue weighted by Crippen LogP contribution is -2.41. The van der Waals surface area contributed by atoms with Crippen molar-refractivity contribution < 1.29 is 13.7 Å². The fourth-order valence-electron chi connectivity index (χ4n) is 3.54. The maximum absolute atomic E-state index is 6.22. The topological polar surface area (TPSA) is 31.6 Å². The average molecular weight is 350 g/mol. The first-order chi connectivity index (χ1) is 12.0. The van der Waals surface area contributed by atoms with Crippen molar-refractivity contribution in [3.05, 3.63) is 42.2 Å². The molecular formula is C22H27BO3. The molecule has 0 amide bonds. The van der Waals surface area contributed by atoms with Crippen LogP contribution in [0.3, 0.4) is 0 Å². The third-order valence-electron chi connectivity index (χ3n) is 5.91. The van der Waals surface area contributed by atoms with Crippen molar-refractivity contribution in [3.8, 4) is 0 Å². The molecule has 1 saturated heterocycles. The van der Waals surface area contributed by atoms with E-state index in [4.69, 9.17) is 13.7 Å². The highest BCUT2D eigenvalue weighted by Gasteiger charge is 2.51. The van der Waals surface area contributed by atoms with Crippen LogP contribution in [0.2, 0.25) is 0 Å². The first kappa shape index (κ1) is 17.6. The SMILES string of the molecule is CC(C)(C)c1coc2c1ccc1ccc(B3OC(C)(C)C(C)(C)O3)cc12. The summed E-state index contributed by atoms with van der Waals surface area (Å²) >= 11 is 0. The predicted octanol–water partition coefficient (Wildman–Crippen LogP) is 5.18. The minimum Gasteiger partial charge on any atom is -0.463 e. The standard InChI is InChI=1S/C22H27BO3/c1-20(2,3)18-13-24-19-16(18)11-9-14-8-10-15(12-17(14)19)23-25-21(4,5)22(6,7)26-23/h8-13H,1-7H3. The van der Waals surface area contributed by atoms with Crippen molar-refractivity contribution in [2.75, 3.05) is 0 Å². The van der Waals surface area contributed by atoms with Crippen LogP contribution in [0.15, 0.2) is 41.0 Å². The van der Waals surface area contributed by atoms with Crippen LogP contribution in [-0.4, -0.2) is 18.3 Å². The van der Waals surface area contributed by atoms with Crippen LogP contribution in [0.1, 0.15) is 54.0 Å². The van der Waals surface area contributed by atoms with Crippen LogP contribution in [-0.2, 0) is 14.7 Å². The quantitative estimate of drug-likeness (QED) is 0.567. The van der Waals surface area contributed by atoms with E-state index in [0.29, 0.717) is 0 Å². The minimum absolute atomic E-state index is 0.0439. The maximum atomic E-state index is 6.22. The summed E-state index contributed by atoms with van der Waals surface area (Å²) in [6, 6.07) is 10.7. The summed E-state index contributed by atoms with van der Waals surface area (Å²) in [7, 11) is -0.364. The lowest BCUT2D eigenvalue weighted by molar-refractivity contribution is 0.00578. The largest absolute Gasteiger partial charge is 0.494 e. The van der Waals surface area contributed by atoms with Crippen LogP contribution in [0, 0.1) is 0 Å².